The van der Waals surface area contributed by atoms with Crippen molar-refractivity contribution in [3.8, 4) is 22.6 Å². The highest BCUT2D eigenvalue weighted by molar-refractivity contribution is 5.97. The Balaban J connectivity index is 1.26. The monoisotopic (exact) mass is 509 g/mol. The van der Waals surface area contributed by atoms with Crippen molar-refractivity contribution in [2.75, 3.05) is 31.1 Å². The highest BCUT2D eigenvalue weighted by Gasteiger charge is 2.20. The van der Waals surface area contributed by atoms with Crippen molar-refractivity contribution in [2.45, 2.75) is 45.1 Å². The van der Waals surface area contributed by atoms with Crippen LogP contribution < -0.4 is 4.90 Å². The third kappa shape index (κ3) is 4.32. The van der Waals surface area contributed by atoms with E-state index in [-0.39, 0.29) is 5.82 Å². The summed E-state index contributed by atoms with van der Waals surface area (Å²) in [5.74, 6) is 0.395. The van der Waals surface area contributed by atoms with E-state index < -0.39 is 0 Å². The highest BCUT2D eigenvalue weighted by Crippen LogP contribution is 2.34. The molecule has 7 nitrogen and oxygen atoms in total. The molecule has 0 spiro atoms. The van der Waals surface area contributed by atoms with Crippen molar-refractivity contribution in [2.24, 2.45) is 0 Å². The van der Waals surface area contributed by atoms with Crippen molar-refractivity contribution in [1.82, 2.24) is 30.0 Å². The van der Waals surface area contributed by atoms with E-state index >= 15 is 4.39 Å². The van der Waals surface area contributed by atoms with Gasteiger partial charge in [0.1, 0.15) is 17.0 Å². The molecule has 2 saturated heterocycles. The summed E-state index contributed by atoms with van der Waals surface area (Å²) in [6, 6.07) is 11.8. The topological polar surface area (TPSA) is 76.7 Å². The van der Waals surface area contributed by atoms with Crippen LogP contribution in [0, 0.1) is 5.82 Å². The second-order valence-electron chi connectivity index (χ2n) is 10.7. The summed E-state index contributed by atoms with van der Waals surface area (Å²) in [7, 11) is 0. The molecule has 5 aromatic rings. The average Bonchev–Trinajstić information content (AvgIpc) is 3.57. The number of H-pyrrole nitrogens is 2. The maximum atomic E-state index is 15.3. The van der Waals surface area contributed by atoms with E-state index in [0.717, 1.165) is 66.0 Å². The molecule has 5 heterocycles. The molecule has 2 aliphatic rings. The van der Waals surface area contributed by atoms with E-state index in [9.17, 15) is 0 Å². The molecule has 0 bridgehead atoms. The molecule has 2 fully saturated rings. The molecule has 194 valence electrons. The third-order valence-electron chi connectivity index (χ3n) is 8.02. The van der Waals surface area contributed by atoms with E-state index in [4.69, 9.17) is 4.98 Å². The number of aromatic amines is 2. The zero-order chi connectivity index (χ0) is 25.5. The van der Waals surface area contributed by atoms with Gasteiger partial charge in [0.2, 0.25) is 0 Å². The van der Waals surface area contributed by atoms with E-state index in [1.165, 1.54) is 44.6 Å². The molecule has 3 aromatic heterocycles. The number of fused-ring (bicyclic) bond motifs is 2. The smallest absolute Gasteiger partial charge is 0.159 e. The molecular formula is C30H32FN7. The fourth-order valence-electron chi connectivity index (χ4n) is 6.06. The van der Waals surface area contributed by atoms with E-state index in [0.29, 0.717) is 22.6 Å². The molecule has 0 amide bonds. The summed E-state index contributed by atoms with van der Waals surface area (Å²) >= 11 is 0. The summed E-state index contributed by atoms with van der Waals surface area (Å²) < 4.78 is 15.3. The molecular weight excluding hydrogens is 477 g/mol. The molecule has 8 heteroatoms. The van der Waals surface area contributed by atoms with Crippen molar-refractivity contribution < 1.29 is 4.39 Å². The van der Waals surface area contributed by atoms with Gasteiger partial charge in [-0.3, -0.25) is 15.0 Å². The lowest BCUT2D eigenvalue weighted by atomic mass is 10.0. The first kappa shape index (κ1) is 23.3. The van der Waals surface area contributed by atoms with Gasteiger partial charge in [0, 0.05) is 54.6 Å². The number of rotatable bonds is 5. The number of halogens is 1. The molecule has 0 saturated carbocycles. The average molecular weight is 510 g/mol. The van der Waals surface area contributed by atoms with Gasteiger partial charge in [-0.05, 0) is 75.0 Å². The van der Waals surface area contributed by atoms with Gasteiger partial charge >= 0.3 is 0 Å². The minimum Gasteiger partial charge on any atom is -0.370 e. The number of nitrogens with zero attached hydrogens (tertiary/aromatic N) is 5. The van der Waals surface area contributed by atoms with Gasteiger partial charge in [-0.15, -0.1) is 0 Å². The molecule has 2 aromatic carbocycles. The van der Waals surface area contributed by atoms with Crippen LogP contribution in [0.5, 0.6) is 0 Å². The molecule has 0 unspecified atom stereocenters. The Bertz CT molecular complexity index is 1590. The van der Waals surface area contributed by atoms with Crippen LogP contribution in [0.1, 0.15) is 44.1 Å². The number of hydrogen-bond acceptors (Lipinski definition) is 5. The second kappa shape index (κ2) is 9.83. The Kier molecular flexibility index (Phi) is 6.04. The summed E-state index contributed by atoms with van der Waals surface area (Å²) in [6.07, 6.45) is 11.1. The Morgan fingerprint density at radius 1 is 0.868 bits per heavy atom. The Labute approximate surface area is 221 Å². The molecule has 0 atom stereocenters. The molecule has 2 aliphatic heterocycles. The summed E-state index contributed by atoms with van der Waals surface area (Å²) in [4.78, 5) is 17.8. The van der Waals surface area contributed by atoms with Crippen LogP contribution in [0.3, 0.4) is 0 Å². The minimum absolute atomic E-state index is 0.290. The first-order valence-corrected chi connectivity index (χ1v) is 13.8. The number of nitrogens with one attached hydrogen (secondary N) is 2. The van der Waals surface area contributed by atoms with Crippen molar-refractivity contribution in [3.63, 3.8) is 0 Å². The first-order chi connectivity index (χ1) is 18.7. The fraction of sp³-hybridized carbons (Fsp3) is 0.367. The summed E-state index contributed by atoms with van der Waals surface area (Å²) in [5.41, 5.74) is 6.86. The van der Waals surface area contributed by atoms with Crippen LogP contribution in [0.2, 0.25) is 0 Å². The Morgan fingerprint density at radius 2 is 1.68 bits per heavy atom. The quantitative estimate of drug-likeness (QED) is 0.291. The number of pyridine rings is 1. The predicted octanol–water partition coefficient (Wildman–Crippen LogP) is 6.28. The Hall–Kier alpha value is -3.78. The van der Waals surface area contributed by atoms with Crippen LogP contribution in [0.15, 0.2) is 48.8 Å². The number of hydrogen-bond donors (Lipinski definition) is 2. The van der Waals surface area contributed by atoms with Crippen molar-refractivity contribution in [1.29, 1.82) is 0 Å². The number of benzene rings is 2. The SMILES string of the molecule is Fc1cc2[nH]nc(-c3nc4c(N5CCCCC5)cccc4[nH]3)c2cc1-c1cncc(CN2CCCCC2)c1. The largest absolute Gasteiger partial charge is 0.370 e. The maximum absolute atomic E-state index is 15.3. The standard InChI is InChI=1S/C30H32FN7/c31-24-16-26-23(15-22(24)21-14-20(17-32-18-21)19-37-10-3-1-4-11-37)28(36-35-26)30-33-25-8-7-9-27(29(25)34-30)38-12-5-2-6-13-38/h7-9,14-18H,1-6,10-13,19H2,(H,33,34)(H,35,36). The van der Waals surface area contributed by atoms with Gasteiger partial charge in [-0.2, -0.15) is 5.10 Å². The molecule has 0 aliphatic carbocycles. The van der Waals surface area contributed by atoms with Crippen LogP contribution in [-0.2, 0) is 6.54 Å². The zero-order valence-corrected chi connectivity index (χ0v) is 21.5. The summed E-state index contributed by atoms with van der Waals surface area (Å²) in [5, 5.41) is 8.40. The second-order valence-corrected chi connectivity index (χ2v) is 10.7. The highest BCUT2D eigenvalue weighted by atomic mass is 19.1. The van der Waals surface area contributed by atoms with E-state index in [1.54, 1.807) is 6.20 Å². The lowest BCUT2D eigenvalue weighted by Gasteiger charge is -2.28. The van der Waals surface area contributed by atoms with Crippen LogP contribution in [0.25, 0.3) is 44.6 Å². The number of piperidine rings is 2. The van der Waals surface area contributed by atoms with Crippen LogP contribution in [0.4, 0.5) is 10.1 Å². The van der Waals surface area contributed by atoms with Crippen LogP contribution >= 0.6 is 0 Å². The number of imidazole rings is 1. The number of anilines is 1. The molecule has 2 N–H and O–H groups in total. The lowest BCUT2D eigenvalue weighted by Crippen LogP contribution is -2.29. The van der Waals surface area contributed by atoms with Gasteiger partial charge in [-0.1, -0.05) is 12.5 Å². The van der Waals surface area contributed by atoms with E-state index in [2.05, 4.69) is 54.2 Å². The van der Waals surface area contributed by atoms with Gasteiger partial charge in [-0.25, -0.2) is 9.37 Å². The number of para-hydroxylation sites is 1. The van der Waals surface area contributed by atoms with Crippen molar-refractivity contribution in [3.05, 3.63) is 60.2 Å². The zero-order valence-electron chi connectivity index (χ0n) is 21.5. The van der Waals surface area contributed by atoms with Gasteiger partial charge < -0.3 is 9.88 Å². The lowest BCUT2D eigenvalue weighted by molar-refractivity contribution is 0.220. The maximum Gasteiger partial charge on any atom is 0.159 e. The van der Waals surface area contributed by atoms with Gasteiger partial charge in [0.05, 0.1) is 16.7 Å². The number of likely N-dealkylation sites (tertiary alicyclic amines) is 1. The normalized spacial score (nSPS) is 17.0. The molecule has 7 rings (SSSR count). The van der Waals surface area contributed by atoms with Gasteiger partial charge in [0.25, 0.3) is 0 Å². The van der Waals surface area contributed by atoms with Crippen LogP contribution in [-0.4, -0.2) is 56.2 Å². The molecule has 0 radical (unpaired) electrons. The van der Waals surface area contributed by atoms with Gasteiger partial charge in [0.15, 0.2) is 5.82 Å². The molecule has 38 heavy (non-hydrogen) atoms. The predicted molar refractivity (Wildman–Crippen MR) is 150 cm³/mol. The minimum atomic E-state index is -0.290. The summed E-state index contributed by atoms with van der Waals surface area (Å²) in [6.45, 7) is 5.18. The first-order valence-electron chi connectivity index (χ1n) is 13.8. The number of aromatic nitrogens is 5. The Morgan fingerprint density at radius 3 is 2.53 bits per heavy atom. The fourth-order valence-corrected chi connectivity index (χ4v) is 6.06. The third-order valence-corrected chi connectivity index (χ3v) is 8.02. The van der Waals surface area contributed by atoms with E-state index in [1.807, 2.05) is 12.3 Å². The van der Waals surface area contributed by atoms with Crippen molar-refractivity contribution >= 4 is 27.6 Å².